The zero-order valence-electron chi connectivity index (χ0n) is 8.03. The Labute approximate surface area is 82.7 Å². The van der Waals surface area contributed by atoms with Crippen molar-refractivity contribution in [3.63, 3.8) is 0 Å². The van der Waals surface area contributed by atoms with Crippen molar-refractivity contribution in [2.24, 2.45) is 5.73 Å². The first kappa shape index (κ1) is 10.5. The molecule has 1 aromatic rings. The van der Waals surface area contributed by atoms with Crippen molar-refractivity contribution in [3.8, 4) is 5.75 Å². The summed E-state index contributed by atoms with van der Waals surface area (Å²) >= 11 is 0. The predicted octanol–water partition coefficient (Wildman–Crippen LogP) is 1.07. The number of benzene rings is 1. The minimum atomic E-state index is -0.160. The minimum Gasteiger partial charge on any atom is -0.508 e. The summed E-state index contributed by atoms with van der Waals surface area (Å²) in [5.74, 6) is -0.0193. The van der Waals surface area contributed by atoms with E-state index >= 15 is 0 Å². The molecule has 1 unspecified atom stereocenters. The fraction of sp³-hybridized carbons (Fsp3) is 0.300. The van der Waals surface area contributed by atoms with Gasteiger partial charge in [0, 0.05) is 24.2 Å². The molecule has 4 N–H and O–H groups in total. The van der Waals surface area contributed by atoms with Crippen molar-refractivity contribution in [3.05, 3.63) is 24.3 Å². The molecule has 0 heterocycles. The van der Waals surface area contributed by atoms with E-state index in [-0.39, 0.29) is 24.1 Å². The van der Waals surface area contributed by atoms with Crippen molar-refractivity contribution >= 4 is 11.6 Å². The number of nitrogens with two attached hydrogens (primary N) is 1. The van der Waals surface area contributed by atoms with Crippen LogP contribution in [0.15, 0.2) is 24.3 Å². The molecule has 0 saturated carbocycles. The normalized spacial score (nSPS) is 12.1. The van der Waals surface area contributed by atoms with Gasteiger partial charge in [0.15, 0.2) is 0 Å². The van der Waals surface area contributed by atoms with E-state index in [0.29, 0.717) is 5.69 Å². The molecule has 4 nitrogen and oxygen atoms in total. The number of amides is 1. The molecule has 0 aliphatic heterocycles. The van der Waals surface area contributed by atoms with Crippen LogP contribution in [-0.2, 0) is 4.79 Å². The monoisotopic (exact) mass is 194 g/mol. The van der Waals surface area contributed by atoms with Gasteiger partial charge in [-0.3, -0.25) is 4.79 Å². The van der Waals surface area contributed by atoms with Crippen LogP contribution in [0.5, 0.6) is 5.75 Å². The van der Waals surface area contributed by atoms with Crippen molar-refractivity contribution in [2.45, 2.75) is 19.4 Å². The van der Waals surface area contributed by atoms with Gasteiger partial charge in [0.25, 0.3) is 0 Å². The summed E-state index contributed by atoms with van der Waals surface area (Å²) < 4.78 is 0. The number of hydrogen-bond acceptors (Lipinski definition) is 3. The van der Waals surface area contributed by atoms with E-state index in [4.69, 9.17) is 10.8 Å². The predicted molar refractivity (Wildman–Crippen MR) is 55.0 cm³/mol. The Kier molecular flexibility index (Phi) is 3.48. The standard InChI is InChI=1S/C10H14N2O2/c1-7(11)5-10(14)12-8-3-2-4-9(13)6-8/h2-4,6-7,13H,5,11H2,1H3,(H,12,14). The molecular formula is C10H14N2O2. The third-order valence-electron chi connectivity index (χ3n) is 1.64. The SMILES string of the molecule is CC(N)CC(=O)Nc1cccc(O)c1. The summed E-state index contributed by atoms with van der Waals surface area (Å²) in [6.07, 6.45) is 0.273. The van der Waals surface area contributed by atoms with Crippen molar-refractivity contribution in [1.82, 2.24) is 0 Å². The average Bonchev–Trinajstić information content (AvgIpc) is 2.01. The lowest BCUT2D eigenvalue weighted by molar-refractivity contribution is -0.116. The molecule has 0 aliphatic carbocycles. The first-order valence-corrected chi connectivity index (χ1v) is 4.42. The molecule has 76 valence electrons. The van der Waals surface area contributed by atoms with Gasteiger partial charge in [0.1, 0.15) is 5.75 Å². The molecule has 1 amide bonds. The molecule has 1 aromatic carbocycles. The molecule has 14 heavy (non-hydrogen) atoms. The molecule has 0 aromatic heterocycles. The zero-order chi connectivity index (χ0) is 10.6. The Hall–Kier alpha value is -1.55. The lowest BCUT2D eigenvalue weighted by Crippen LogP contribution is -2.23. The Morgan fingerprint density at radius 2 is 2.36 bits per heavy atom. The Bertz CT molecular complexity index is 324. The second kappa shape index (κ2) is 4.62. The van der Waals surface area contributed by atoms with Gasteiger partial charge in [-0.2, -0.15) is 0 Å². The van der Waals surface area contributed by atoms with Gasteiger partial charge in [-0.05, 0) is 19.1 Å². The number of anilines is 1. The minimum absolute atomic E-state index is 0.128. The van der Waals surface area contributed by atoms with E-state index in [1.54, 1.807) is 25.1 Å². The molecule has 0 saturated heterocycles. The smallest absolute Gasteiger partial charge is 0.225 e. The highest BCUT2D eigenvalue weighted by atomic mass is 16.3. The number of phenolic OH excluding ortho intramolecular Hbond substituents is 1. The molecule has 1 rings (SSSR count). The van der Waals surface area contributed by atoms with Gasteiger partial charge in [-0.15, -0.1) is 0 Å². The Morgan fingerprint density at radius 3 is 2.93 bits per heavy atom. The van der Waals surface area contributed by atoms with Crippen LogP contribution in [0, 0.1) is 0 Å². The largest absolute Gasteiger partial charge is 0.508 e. The quantitative estimate of drug-likeness (QED) is 0.673. The zero-order valence-corrected chi connectivity index (χ0v) is 8.03. The number of phenols is 1. The number of carbonyl (C=O) groups is 1. The van der Waals surface area contributed by atoms with Gasteiger partial charge >= 0.3 is 0 Å². The summed E-state index contributed by atoms with van der Waals surface area (Å²) in [4.78, 5) is 11.3. The Morgan fingerprint density at radius 1 is 1.64 bits per heavy atom. The van der Waals surface area contributed by atoms with Crippen LogP contribution < -0.4 is 11.1 Å². The molecule has 1 atom stereocenters. The van der Waals surface area contributed by atoms with E-state index in [2.05, 4.69) is 5.32 Å². The third-order valence-corrected chi connectivity index (χ3v) is 1.64. The van der Waals surface area contributed by atoms with Crippen LogP contribution in [0.2, 0.25) is 0 Å². The molecule has 4 heteroatoms. The van der Waals surface area contributed by atoms with E-state index in [1.807, 2.05) is 0 Å². The van der Waals surface area contributed by atoms with Crippen LogP contribution in [0.1, 0.15) is 13.3 Å². The maximum atomic E-state index is 11.3. The lowest BCUT2D eigenvalue weighted by Gasteiger charge is -2.07. The summed E-state index contributed by atoms with van der Waals surface area (Å²) in [6, 6.07) is 6.24. The maximum Gasteiger partial charge on any atom is 0.225 e. The van der Waals surface area contributed by atoms with Crippen LogP contribution >= 0.6 is 0 Å². The Balaban J connectivity index is 2.56. The van der Waals surface area contributed by atoms with Gasteiger partial charge in [0.05, 0.1) is 0 Å². The topological polar surface area (TPSA) is 75.4 Å². The number of carbonyl (C=O) groups excluding carboxylic acids is 1. The van der Waals surface area contributed by atoms with Crippen LogP contribution in [0.25, 0.3) is 0 Å². The first-order valence-electron chi connectivity index (χ1n) is 4.42. The van der Waals surface area contributed by atoms with E-state index in [1.165, 1.54) is 6.07 Å². The van der Waals surface area contributed by atoms with Gasteiger partial charge in [0.2, 0.25) is 5.91 Å². The highest BCUT2D eigenvalue weighted by Gasteiger charge is 2.05. The van der Waals surface area contributed by atoms with Gasteiger partial charge < -0.3 is 16.2 Å². The summed E-state index contributed by atoms with van der Waals surface area (Å²) in [5.41, 5.74) is 6.05. The highest BCUT2D eigenvalue weighted by molar-refractivity contribution is 5.91. The van der Waals surface area contributed by atoms with Crippen LogP contribution in [-0.4, -0.2) is 17.1 Å². The fourth-order valence-electron chi connectivity index (χ4n) is 1.09. The molecule has 0 fully saturated rings. The summed E-state index contributed by atoms with van der Waals surface area (Å²) in [7, 11) is 0. The molecule has 0 aliphatic rings. The van der Waals surface area contributed by atoms with Crippen LogP contribution in [0.4, 0.5) is 5.69 Å². The highest BCUT2D eigenvalue weighted by Crippen LogP contribution is 2.15. The number of rotatable bonds is 3. The second-order valence-electron chi connectivity index (χ2n) is 3.28. The summed E-state index contributed by atoms with van der Waals surface area (Å²) in [6.45, 7) is 1.77. The van der Waals surface area contributed by atoms with Crippen molar-refractivity contribution in [1.29, 1.82) is 0 Å². The molecule has 0 spiro atoms. The number of nitrogens with one attached hydrogen (secondary N) is 1. The first-order chi connectivity index (χ1) is 6.58. The average molecular weight is 194 g/mol. The van der Waals surface area contributed by atoms with E-state index in [0.717, 1.165) is 0 Å². The molecule has 0 bridgehead atoms. The number of hydrogen-bond donors (Lipinski definition) is 3. The van der Waals surface area contributed by atoms with Gasteiger partial charge in [-0.25, -0.2) is 0 Å². The third kappa shape index (κ3) is 3.45. The summed E-state index contributed by atoms with van der Waals surface area (Å²) in [5, 5.41) is 11.8. The number of aromatic hydroxyl groups is 1. The van der Waals surface area contributed by atoms with E-state index < -0.39 is 0 Å². The molecular weight excluding hydrogens is 180 g/mol. The van der Waals surface area contributed by atoms with Gasteiger partial charge in [-0.1, -0.05) is 6.07 Å². The molecule has 0 radical (unpaired) electrons. The maximum absolute atomic E-state index is 11.3. The fourth-order valence-corrected chi connectivity index (χ4v) is 1.09. The van der Waals surface area contributed by atoms with E-state index in [9.17, 15) is 4.79 Å². The second-order valence-corrected chi connectivity index (χ2v) is 3.28. The van der Waals surface area contributed by atoms with Crippen molar-refractivity contribution < 1.29 is 9.90 Å². The van der Waals surface area contributed by atoms with Crippen molar-refractivity contribution in [2.75, 3.05) is 5.32 Å². The lowest BCUT2D eigenvalue weighted by atomic mass is 10.2. The van der Waals surface area contributed by atoms with Crippen LogP contribution in [0.3, 0.4) is 0 Å².